The van der Waals surface area contributed by atoms with Gasteiger partial charge in [0.2, 0.25) is 0 Å². The monoisotopic (exact) mass is 126 g/mol. The maximum absolute atomic E-state index is 10.4. The van der Waals surface area contributed by atoms with Crippen LogP contribution in [-0.4, -0.2) is 5.91 Å². The first-order valence-corrected chi connectivity index (χ1v) is 2.51. The molecule has 0 atom stereocenters. The summed E-state index contributed by atoms with van der Waals surface area (Å²) in [5.74, 6) is 4.46. The second-order valence-corrected chi connectivity index (χ2v) is 1.69. The van der Waals surface area contributed by atoms with Crippen LogP contribution in [0.1, 0.15) is 6.92 Å². The Bertz CT molecular complexity index is 149. The van der Waals surface area contributed by atoms with Crippen molar-refractivity contribution >= 4 is 5.91 Å². The average molecular weight is 126 g/mol. The molecule has 0 aromatic heterocycles. The summed E-state index contributed by atoms with van der Waals surface area (Å²) in [7, 11) is 0. The SMILES string of the molecule is C=C(C)/C=C\C(=O)NN. The van der Waals surface area contributed by atoms with Crippen LogP contribution in [-0.2, 0) is 4.79 Å². The predicted octanol–water partition coefficient (Wildman–Crippen LogP) is 0.109. The summed E-state index contributed by atoms with van der Waals surface area (Å²) < 4.78 is 0. The van der Waals surface area contributed by atoms with Crippen LogP contribution in [0.4, 0.5) is 0 Å². The standard InChI is InChI=1S/C6H10N2O/c1-5(2)3-4-6(9)8-7/h3-4H,1,7H2,2H3,(H,8,9)/b4-3-. The highest BCUT2D eigenvalue weighted by molar-refractivity contribution is 5.87. The van der Waals surface area contributed by atoms with Crippen molar-refractivity contribution in [3.63, 3.8) is 0 Å². The van der Waals surface area contributed by atoms with Gasteiger partial charge in [-0.1, -0.05) is 18.2 Å². The Morgan fingerprint density at radius 2 is 2.22 bits per heavy atom. The molecule has 0 unspecified atom stereocenters. The fraction of sp³-hybridized carbons (Fsp3) is 0.167. The number of rotatable bonds is 2. The maximum Gasteiger partial charge on any atom is 0.257 e. The highest BCUT2D eigenvalue weighted by Gasteiger charge is 1.85. The number of hydrazine groups is 1. The molecule has 0 aromatic rings. The molecule has 0 spiro atoms. The summed E-state index contributed by atoms with van der Waals surface area (Å²) in [5.41, 5.74) is 2.77. The van der Waals surface area contributed by atoms with E-state index in [4.69, 9.17) is 5.84 Å². The number of nitrogens with two attached hydrogens (primary N) is 1. The van der Waals surface area contributed by atoms with Crippen LogP contribution in [0.3, 0.4) is 0 Å². The van der Waals surface area contributed by atoms with Gasteiger partial charge in [0.05, 0.1) is 0 Å². The molecule has 0 aliphatic carbocycles. The Labute approximate surface area is 54.2 Å². The van der Waals surface area contributed by atoms with Crippen LogP contribution in [0.15, 0.2) is 24.3 Å². The largest absolute Gasteiger partial charge is 0.291 e. The van der Waals surface area contributed by atoms with Crippen LogP contribution >= 0.6 is 0 Å². The minimum Gasteiger partial charge on any atom is -0.291 e. The maximum atomic E-state index is 10.4. The third-order valence-corrected chi connectivity index (χ3v) is 0.661. The number of amides is 1. The van der Waals surface area contributed by atoms with Gasteiger partial charge in [-0.15, -0.1) is 0 Å². The molecule has 9 heavy (non-hydrogen) atoms. The lowest BCUT2D eigenvalue weighted by atomic mass is 10.3. The first-order chi connectivity index (χ1) is 4.16. The first kappa shape index (κ1) is 7.91. The third-order valence-electron chi connectivity index (χ3n) is 0.661. The van der Waals surface area contributed by atoms with Crippen LogP contribution in [0, 0.1) is 0 Å². The van der Waals surface area contributed by atoms with E-state index in [2.05, 4.69) is 6.58 Å². The Kier molecular flexibility index (Phi) is 3.39. The number of allylic oxidation sites excluding steroid dienone is 2. The number of hydrogen-bond donors (Lipinski definition) is 2. The molecule has 0 saturated carbocycles. The summed E-state index contributed by atoms with van der Waals surface area (Å²) in [4.78, 5) is 10.4. The molecule has 3 heteroatoms. The molecule has 0 radical (unpaired) electrons. The second kappa shape index (κ2) is 3.86. The number of carbonyl (C=O) groups is 1. The van der Waals surface area contributed by atoms with Gasteiger partial charge >= 0.3 is 0 Å². The van der Waals surface area contributed by atoms with Crippen molar-refractivity contribution < 1.29 is 4.79 Å². The van der Waals surface area contributed by atoms with Gasteiger partial charge in [-0.05, 0) is 6.92 Å². The lowest BCUT2D eigenvalue weighted by Gasteiger charge is -1.87. The summed E-state index contributed by atoms with van der Waals surface area (Å²) in [6.45, 7) is 5.35. The molecule has 0 saturated heterocycles. The van der Waals surface area contributed by atoms with Gasteiger partial charge in [0.15, 0.2) is 0 Å². The lowest BCUT2D eigenvalue weighted by molar-refractivity contribution is -0.116. The minimum atomic E-state index is -0.321. The Hall–Kier alpha value is -1.09. The molecule has 3 N–H and O–H groups in total. The number of nitrogens with one attached hydrogen (secondary N) is 1. The molecular weight excluding hydrogens is 116 g/mol. The Morgan fingerprint density at radius 1 is 1.67 bits per heavy atom. The van der Waals surface area contributed by atoms with Crippen LogP contribution < -0.4 is 11.3 Å². The van der Waals surface area contributed by atoms with E-state index >= 15 is 0 Å². The van der Waals surface area contributed by atoms with Crippen molar-refractivity contribution in [2.75, 3.05) is 0 Å². The predicted molar refractivity (Wildman–Crippen MR) is 36.3 cm³/mol. The fourth-order valence-corrected chi connectivity index (χ4v) is 0.266. The highest BCUT2D eigenvalue weighted by Crippen LogP contribution is 1.86. The van der Waals surface area contributed by atoms with Crippen molar-refractivity contribution in [2.24, 2.45) is 5.84 Å². The lowest BCUT2D eigenvalue weighted by Crippen LogP contribution is -2.27. The zero-order chi connectivity index (χ0) is 7.28. The highest BCUT2D eigenvalue weighted by atomic mass is 16.2. The molecular formula is C6H10N2O. The number of hydrogen-bond acceptors (Lipinski definition) is 2. The van der Waals surface area contributed by atoms with Crippen molar-refractivity contribution in [3.8, 4) is 0 Å². The summed E-state index contributed by atoms with van der Waals surface area (Å²) in [6.07, 6.45) is 2.91. The molecule has 1 amide bonds. The van der Waals surface area contributed by atoms with E-state index in [1.165, 1.54) is 6.08 Å². The van der Waals surface area contributed by atoms with E-state index in [9.17, 15) is 4.79 Å². The average Bonchev–Trinajstić information content (AvgIpc) is 1.83. The molecule has 0 bridgehead atoms. The smallest absolute Gasteiger partial charge is 0.257 e. The molecule has 0 fully saturated rings. The van der Waals surface area contributed by atoms with E-state index in [1.54, 1.807) is 13.0 Å². The van der Waals surface area contributed by atoms with Crippen LogP contribution in [0.25, 0.3) is 0 Å². The van der Waals surface area contributed by atoms with E-state index in [0.29, 0.717) is 0 Å². The zero-order valence-corrected chi connectivity index (χ0v) is 5.35. The van der Waals surface area contributed by atoms with Gasteiger partial charge in [-0.3, -0.25) is 10.2 Å². The Balaban J connectivity index is 3.71. The zero-order valence-electron chi connectivity index (χ0n) is 5.35. The van der Waals surface area contributed by atoms with Crippen molar-refractivity contribution in [1.82, 2.24) is 5.43 Å². The van der Waals surface area contributed by atoms with Gasteiger partial charge in [-0.25, -0.2) is 5.84 Å². The molecule has 0 aliphatic heterocycles. The van der Waals surface area contributed by atoms with E-state index in [0.717, 1.165) is 5.57 Å². The second-order valence-electron chi connectivity index (χ2n) is 1.69. The molecule has 50 valence electrons. The fourth-order valence-electron chi connectivity index (χ4n) is 0.266. The summed E-state index contributed by atoms with van der Waals surface area (Å²) in [5, 5.41) is 0. The van der Waals surface area contributed by atoms with Crippen molar-refractivity contribution in [3.05, 3.63) is 24.3 Å². The van der Waals surface area contributed by atoms with Crippen molar-refractivity contribution in [2.45, 2.75) is 6.92 Å². The van der Waals surface area contributed by atoms with E-state index in [-0.39, 0.29) is 5.91 Å². The van der Waals surface area contributed by atoms with Gasteiger partial charge in [0.1, 0.15) is 0 Å². The molecule has 0 heterocycles. The van der Waals surface area contributed by atoms with Gasteiger partial charge in [0.25, 0.3) is 5.91 Å². The number of carbonyl (C=O) groups excluding carboxylic acids is 1. The topological polar surface area (TPSA) is 55.1 Å². The van der Waals surface area contributed by atoms with Gasteiger partial charge < -0.3 is 0 Å². The summed E-state index contributed by atoms with van der Waals surface area (Å²) >= 11 is 0. The summed E-state index contributed by atoms with van der Waals surface area (Å²) in [6, 6.07) is 0. The van der Waals surface area contributed by atoms with Gasteiger partial charge in [-0.2, -0.15) is 0 Å². The van der Waals surface area contributed by atoms with Crippen molar-refractivity contribution in [1.29, 1.82) is 0 Å². The van der Waals surface area contributed by atoms with Crippen LogP contribution in [0.2, 0.25) is 0 Å². The third kappa shape index (κ3) is 4.77. The van der Waals surface area contributed by atoms with E-state index < -0.39 is 0 Å². The van der Waals surface area contributed by atoms with E-state index in [1.807, 2.05) is 5.43 Å². The quantitative estimate of drug-likeness (QED) is 0.181. The first-order valence-electron chi connectivity index (χ1n) is 2.51. The normalized spacial score (nSPS) is 9.56. The molecule has 0 aliphatic rings. The van der Waals surface area contributed by atoms with Crippen LogP contribution in [0.5, 0.6) is 0 Å². The molecule has 0 rings (SSSR count). The van der Waals surface area contributed by atoms with Gasteiger partial charge in [0, 0.05) is 6.08 Å². The Morgan fingerprint density at radius 3 is 2.56 bits per heavy atom. The molecule has 3 nitrogen and oxygen atoms in total. The minimum absolute atomic E-state index is 0.321. The molecule has 0 aromatic carbocycles.